The van der Waals surface area contributed by atoms with Crippen molar-refractivity contribution in [2.24, 2.45) is 16.7 Å². The molecule has 2 unspecified atom stereocenters. The number of hydrogen-bond donors (Lipinski definition) is 1. The van der Waals surface area contributed by atoms with Crippen molar-refractivity contribution in [1.29, 1.82) is 0 Å². The number of anilines is 1. The van der Waals surface area contributed by atoms with Crippen LogP contribution in [0, 0.1) is 16.7 Å². The zero-order valence-electron chi connectivity index (χ0n) is 13.1. The minimum absolute atomic E-state index is 0.190. The summed E-state index contributed by atoms with van der Waals surface area (Å²) in [5.74, 6) is 1.86. The third-order valence-corrected chi connectivity index (χ3v) is 6.43. The van der Waals surface area contributed by atoms with Crippen LogP contribution >= 0.6 is 0 Å². The first-order valence-corrected chi connectivity index (χ1v) is 8.57. The van der Waals surface area contributed by atoms with Gasteiger partial charge in [0.15, 0.2) is 5.82 Å². The summed E-state index contributed by atoms with van der Waals surface area (Å²) in [4.78, 5) is 4.75. The molecule has 5 fully saturated rings. The van der Waals surface area contributed by atoms with E-state index < -0.39 is 0 Å². The molecule has 114 valence electrons. The van der Waals surface area contributed by atoms with Gasteiger partial charge in [0.1, 0.15) is 0 Å². The Morgan fingerprint density at radius 1 is 1.05 bits per heavy atom. The van der Waals surface area contributed by atoms with Crippen molar-refractivity contribution in [2.45, 2.75) is 76.7 Å². The molecule has 4 bridgehead atoms. The van der Waals surface area contributed by atoms with Gasteiger partial charge >= 0.3 is 6.01 Å². The molecule has 4 heteroatoms. The lowest BCUT2D eigenvalue weighted by Crippen LogP contribution is -2.57. The fourth-order valence-electron chi connectivity index (χ4n) is 6.60. The molecule has 21 heavy (non-hydrogen) atoms. The summed E-state index contributed by atoms with van der Waals surface area (Å²) in [5.41, 5.74) is 1.19. The molecule has 0 aromatic carbocycles. The second-order valence-corrected chi connectivity index (χ2v) is 9.25. The Labute approximate surface area is 126 Å². The highest BCUT2D eigenvalue weighted by atomic mass is 16.5. The molecule has 5 saturated carbocycles. The van der Waals surface area contributed by atoms with Crippen molar-refractivity contribution in [3.63, 3.8) is 0 Å². The minimum atomic E-state index is 0.190. The molecule has 5 aliphatic rings. The van der Waals surface area contributed by atoms with Crippen LogP contribution < -0.4 is 5.32 Å². The monoisotopic (exact) mass is 287 g/mol. The van der Waals surface area contributed by atoms with Gasteiger partial charge in [0, 0.05) is 11.5 Å². The number of hydrogen-bond acceptors (Lipinski definition) is 4. The third-order valence-electron chi connectivity index (χ3n) is 6.43. The van der Waals surface area contributed by atoms with Gasteiger partial charge in [-0.25, -0.2) is 0 Å². The highest BCUT2D eigenvalue weighted by Crippen LogP contribution is 2.69. The van der Waals surface area contributed by atoms with Crippen LogP contribution in [0.4, 0.5) is 6.01 Å². The quantitative estimate of drug-likeness (QED) is 0.916. The summed E-state index contributed by atoms with van der Waals surface area (Å²) in [5, 5.41) is 7.75. The Balaban J connectivity index is 1.50. The van der Waals surface area contributed by atoms with E-state index in [-0.39, 0.29) is 5.41 Å². The predicted molar refractivity (Wildman–Crippen MR) is 80.0 cm³/mol. The zero-order chi connectivity index (χ0) is 14.3. The van der Waals surface area contributed by atoms with E-state index in [1.54, 1.807) is 0 Å². The second kappa shape index (κ2) is 3.64. The first-order valence-electron chi connectivity index (χ1n) is 8.57. The first kappa shape index (κ1) is 12.5. The van der Waals surface area contributed by atoms with E-state index >= 15 is 0 Å². The minimum Gasteiger partial charge on any atom is -0.335 e. The normalized spacial score (nSPS) is 47.8. The zero-order valence-corrected chi connectivity index (χ0v) is 13.1. The molecule has 1 aromatic heterocycles. The first-order chi connectivity index (χ1) is 9.96. The molecule has 2 atom stereocenters. The fourth-order valence-corrected chi connectivity index (χ4v) is 6.60. The van der Waals surface area contributed by atoms with Crippen LogP contribution in [-0.2, 0) is 5.41 Å². The summed E-state index contributed by atoms with van der Waals surface area (Å²) < 4.78 is 5.50. The van der Waals surface area contributed by atoms with Gasteiger partial charge < -0.3 is 9.84 Å². The average molecular weight is 287 g/mol. The van der Waals surface area contributed by atoms with Crippen LogP contribution in [0.15, 0.2) is 4.52 Å². The van der Waals surface area contributed by atoms with Gasteiger partial charge in [0.25, 0.3) is 0 Å². The van der Waals surface area contributed by atoms with Crippen molar-refractivity contribution in [3.05, 3.63) is 5.82 Å². The van der Waals surface area contributed by atoms with Crippen molar-refractivity contribution in [3.8, 4) is 0 Å². The third kappa shape index (κ3) is 1.87. The SMILES string of the molecule is CC12CC3CC(C)(C1)CC(c1noc(NC4CC4)n1)(C3)C2. The summed E-state index contributed by atoms with van der Waals surface area (Å²) in [6.45, 7) is 4.99. The Morgan fingerprint density at radius 3 is 2.38 bits per heavy atom. The summed E-state index contributed by atoms with van der Waals surface area (Å²) in [6.07, 6.45) is 10.5. The number of aromatic nitrogens is 2. The fraction of sp³-hybridized carbons (Fsp3) is 0.882. The van der Waals surface area contributed by atoms with Crippen LogP contribution in [-0.4, -0.2) is 16.2 Å². The van der Waals surface area contributed by atoms with Crippen LogP contribution in [0.3, 0.4) is 0 Å². The number of nitrogens with one attached hydrogen (secondary N) is 1. The van der Waals surface area contributed by atoms with Crippen LogP contribution in [0.25, 0.3) is 0 Å². The number of nitrogens with zero attached hydrogens (tertiary/aromatic N) is 2. The van der Waals surface area contributed by atoms with E-state index in [9.17, 15) is 0 Å². The smallest absolute Gasteiger partial charge is 0.321 e. The lowest BCUT2D eigenvalue weighted by atomic mass is 9.40. The molecule has 0 amide bonds. The lowest BCUT2D eigenvalue weighted by molar-refractivity contribution is -0.113. The van der Waals surface area contributed by atoms with Crippen molar-refractivity contribution in [1.82, 2.24) is 10.1 Å². The molecule has 0 aliphatic heterocycles. The van der Waals surface area contributed by atoms with E-state index in [0.29, 0.717) is 22.9 Å². The molecule has 1 N–H and O–H groups in total. The maximum absolute atomic E-state index is 5.50. The van der Waals surface area contributed by atoms with Gasteiger partial charge in [0.05, 0.1) is 0 Å². The average Bonchev–Trinajstić information content (AvgIpc) is 2.99. The largest absolute Gasteiger partial charge is 0.335 e. The van der Waals surface area contributed by atoms with Crippen LogP contribution in [0.1, 0.15) is 71.0 Å². The van der Waals surface area contributed by atoms with Gasteiger partial charge in [-0.3, -0.25) is 0 Å². The Morgan fingerprint density at radius 2 is 1.76 bits per heavy atom. The molecular formula is C17H25N3O. The van der Waals surface area contributed by atoms with E-state index in [0.717, 1.165) is 11.7 Å². The van der Waals surface area contributed by atoms with Crippen LogP contribution in [0.2, 0.25) is 0 Å². The van der Waals surface area contributed by atoms with Crippen LogP contribution in [0.5, 0.6) is 0 Å². The van der Waals surface area contributed by atoms with Gasteiger partial charge in [-0.1, -0.05) is 19.0 Å². The molecule has 0 radical (unpaired) electrons. The van der Waals surface area contributed by atoms with E-state index in [1.807, 2.05) is 0 Å². The summed E-state index contributed by atoms with van der Waals surface area (Å²) in [6, 6.07) is 1.23. The van der Waals surface area contributed by atoms with Crippen molar-refractivity contribution < 1.29 is 4.52 Å². The van der Waals surface area contributed by atoms with Crippen molar-refractivity contribution >= 4 is 6.01 Å². The molecule has 0 spiro atoms. The molecule has 4 nitrogen and oxygen atoms in total. The molecule has 5 aliphatic carbocycles. The topological polar surface area (TPSA) is 51.0 Å². The molecule has 6 rings (SSSR count). The van der Waals surface area contributed by atoms with Gasteiger partial charge in [-0.15, -0.1) is 0 Å². The molecule has 0 saturated heterocycles. The maximum Gasteiger partial charge on any atom is 0.321 e. The Kier molecular flexibility index (Phi) is 2.16. The second-order valence-electron chi connectivity index (χ2n) is 9.25. The Bertz CT molecular complexity index is 573. The van der Waals surface area contributed by atoms with E-state index in [4.69, 9.17) is 9.51 Å². The highest BCUT2D eigenvalue weighted by Gasteiger charge is 2.62. The van der Waals surface area contributed by atoms with Gasteiger partial charge in [-0.2, -0.15) is 4.98 Å². The highest BCUT2D eigenvalue weighted by molar-refractivity contribution is 5.28. The van der Waals surface area contributed by atoms with Gasteiger partial charge in [-0.05, 0) is 68.1 Å². The van der Waals surface area contributed by atoms with Gasteiger partial charge in [0.2, 0.25) is 0 Å². The van der Waals surface area contributed by atoms with Crippen molar-refractivity contribution in [2.75, 3.05) is 5.32 Å². The molecule has 1 heterocycles. The standard InChI is InChI=1S/C17H25N3O/c1-15-5-11-6-16(2,8-15)10-17(7-11,9-15)13-19-14(21-20-13)18-12-3-4-12/h11-12H,3-10H2,1-2H3,(H,18,19,20). The van der Waals surface area contributed by atoms with E-state index in [1.165, 1.54) is 51.4 Å². The lowest BCUT2D eigenvalue weighted by Gasteiger charge is -2.64. The Hall–Kier alpha value is -1.06. The summed E-state index contributed by atoms with van der Waals surface area (Å²) in [7, 11) is 0. The molecule has 1 aromatic rings. The maximum atomic E-state index is 5.50. The summed E-state index contributed by atoms with van der Waals surface area (Å²) >= 11 is 0. The van der Waals surface area contributed by atoms with E-state index in [2.05, 4.69) is 24.3 Å². The predicted octanol–water partition coefficient (Wildman–Crippen LogP) is 3.89. The molecular weight excluding hydrogens is 262 g/mol. The number of rotatable bonds is 3.